The van der Waals surface area contributed by atoms with E-state index in [1.807, 2.05) is 13.8 Å². The number of ketones is 3. The molecule has 3 fully saturated rings. The van der Waals surface area contributed by atoms with Gasteiger partial charge in [-0.1, -0.05) is 82.9 Å². The zero-order valence-electron chi connectivity index (χ0n) is 51.5. The number of hydrogen-bond acceptors (Lipinski definition) is 10. The molecular weight excluding hydrogens is 1220 g/mol. The lowest BCUT2D eigenvalue weighted by atomic mass is 8.64. The van der Waals surface area contributed by atoms with Crippen molar-refractivity contribution in [1.82, 2.24) is 0 Å². The number of rotatable bonds is 10. The normalized spacial score (nSPS) is 30.6. The first-order valence-corrected chi connectivity index (χ1v) is 45.4. The van der Waals surface area contributed by atoms with E-state index in [1.54, 1.807) is 59.8 Å². The molecule has 0 saturated heterocycles. The van der Waals surface area contributed by atoms with E-state index in [9.17, 15) is 29.1 Å². The summed E-state index contributed by atoms with van der Waals surface area (Å²) in [5, 5.41) is 9.25. The van der Waals surface area contributed by atoms with E-state index in [0.717, 1.165) is 55.8 Å². The quantitative estimate of drug-likeness (QED) is 0.0561. The highest BCUT2D eigenvalue weighted by atomic mass is 33.2. The number of fused-ring (bicyclic) bond motifs is 6. The molecule has 0 spiro atoms. The molecule has 0 bridgehead atoms. The largest absolute Gasteiger partial charge is 0.515 e. The Morgan fingerprint density at radius 1 is 0.565 bits per heavy atom. The van der Waals surface area contributed by atoms with Crippen LogP contribution in [0.25, 0.3) is 0 Å². The summed E-state index contributed by atoms with van der Waals surface area (Å²) in [7, 11) is 43.1. The van der Waals surface area contributed by atoms with Crippen molar-refractivity contribution in [3.63, 3.8) is 0 Å². The monoisotopic (exact) mass is 1310 g/mol. The minimum atomic E-state index is -0.688. The van der Waals surface area contributed by atoms with Gasteiger partial charge in [0, 0.05) is 141 Å². The molecule has 28 heteroatoms. The molecule has 2 aliphatic heterocycles. The molecule has 11 rings (SSSR count). The first-order chi connectivity index (χ1) is 39.8. The average Bonchev–Trinajstić information content (AvgIpc) is 1.68. The van der Waals surface area contributed by atoms with Gasteiger partial charge in [0.2, 0.25) is 0 Å². The van der Waals surface area contributed by atoms with Crippen molar-refractivity contribution in [3.8, 4) is 0 Å². The molecule has 11 aliphatic rings. The molecular formula is C57H83B9O10P9. The van der Waals surface area contributed by atoms with E-state index in [1.165, 1.54) is 64.8 Å². The molecule has 14 atom stereocenters. The lowest BCUT2D eigenvalue weighted by Crippen LogP contribution is -2.55. The summed E-state index contributed by atoms with van der Waals surface area (Å²) in [5.74, 6) is 1.73. The fraction of sp³-hybridized carbons (Fsp3) is 0.632. The third kappa shape index (κ3) is 16.0. The number of allylic oxidation sites excluding steroid dienone is 9. The first kappa shape index (κ1) is 72.2. The zero-order chi connectivity index (χ0) is 62.9. The van der Waals surface area contributed by atoms with E-state index in [4.69, 9.17) is 57.6 Å². The van der Waals surface area contributed by atoms with Gasteiger partial charge < -0.3 is 24.1 Å². The van der Waals surface area contributed by atoms with Crippen molar-refractivity contribution in [3.05, 3.63) is 91.2 Å². The number of aliphatic hydroxyl groups is 1. The average molecular weight is 1300 g/mol. The highest BCUT2D eigenvalue weighted by Crippen LogP contribution is 3.04. The van der Waals surface area contributed by atoms with Gasteiger partial charge in [-0.2, -0.15) is 0 Å². The Balaban J connectivity index is 0.000000162. The molecule has 3 saturated carbocycles. The molecule has 11 radical (unpaired) electrons. The maximum Gasteiger partial charge on any atom is 0.337 e. The van der Waals surface area contributed by atoms with Crippen molar-refractivity contribution in [2.24, 2.45) is 51.8 Å². The maximum atomic E-state index is 12.6. The molecule has 443 valence electrons. The van der Waals surface area contributed by atoms with Crippen molar-refractivity contribution < 1.29 is 48.0 Å². The molecule has 0 aromatic rings. The number of Topliss-reactive ketones (excluding diaryl/α,β-unsaturated/α-hetero) is 3. The Morgan fingerprint density at radius 2 is 0.882 bits per heavy atom. The van der Waals surface area contributed by atoms with Crippen LogP contribution in [0.5, 0.6) is 0 Å². The Bertz CT molecular complexity index is 2740. The molecule has 0 amide bonds. The van der Waals surface area contributed by atoms with Crippen molar-refractivity contribution in [2.75, 3.05) is 0 Å². The van der Waals surface area contributed by atoms with Crippen molar-refractivity contribution >= 4 is 168 Å². The van der Waals surface area contributed by atoms with Crippen LogP contribution < -0.4 is 0 Å². The van der Waals surface area contributed by atoms with Gasteiger partial charge in [-0.25, -0.2) is 9.59 Å². The van der Waals surface area contributed by atoms with Gasteiger partial charge in [0.1, 0.15) is 0 Å². The van der Waals surface area contributed by atoms with E-state index in [-0.39, 0.29) is 83.6 Å². The van der Waals surface area contributed by atoms with Gasteiger partial charge in [0.15, 0.2) is 17.3 Å². The van der Waals surface area contributed by atoms with Crippen LogP contribution in [-0.4, -0.2) is 112 Å². The minimum Gasteiger partial charge on any atom is -0.515 e. The molecule has 10 nitrogen and oxygen atoms in total. The number of carbonyl (C=O) groups is 5. The SMILES string of the molecule is CC1(C)CCCC2=C1C1CC(=O)/C(=C/O)C1C2.CC1=C(C)[C@@H](O/C=C2/C(=O)C[C@@H]3C4=C(CCCC4(C)C)C[C@H]23)OC1=O.CC1=C(C)[C@H](O/C=C2/C(=O)C[C@@H]3C4=C(CCCC4(C)C)C[C@H]23)OC1=O.PPP(P(P)P)P(P)P.[B][B]B(B([B])[B])B([B])[B]. The Labute approximate surface area is 533 Å². The van der Waals surface area contributed by atoms with E-state index >= 15 is 0 Å². The van der Waals surface area contributed by atoms with Crippen LogP contribution >= 0.6 is 73.6 Å². The molecule has 0 aromatic carbocycles. The number of aliphatic hydroxyl groups excluding tert-OH is 1. The third-order valence-electron chi connectivity index (χ3n) is 19.9. The van der Waals surface area contributed by atoms with E-state index in [0.29, 0.717) is 60.7 Å². The summed E-state index contributed by atoms with van der Waals surface area (Å²) in [6.07, 6.45) is 17.2. The van der Waals surface area contributed by atoms with Crippen LogP contribution in [0.2, 0.25) is 0 Å². The predicted octanol–water partition coefficient (Wildman–Crippen LogP) is 13.4. The highest BCUT2D eigenvalue weighted by molar-refractivity contribution is 9.10. The number of ether oxygens (including phenoxy) is 4. The van der Waals surface area contributed by atoms with Gasteiger partial charge in [-0.3, -0.25) is 14.4 Å². The molecule has 8 unspecified atom stereocenters. The number of cyclic esters (lactones) is 2. The number of esters is 2. The van der Waals surface area contributed by atoms with Crippen LogP contribution in [0, 0.1) is 51.8 Å². The Kier molecular flexibility index (Phi) is 25.6. The maximum absolute atomic E-state index is 12.6. The van der Waals surface area contributed by atoms with E-state index in [2.05, 4.69) is 86.2 Å². The van der Waals surface area contributed by atoms with Crippen LogP contribution in [0.1, 0.15) is 166 Å². The fourth-order valence-corrected chi connectivity index (χ4v) is 76.6. The topological polar surface area (TPSA) is 143 Å². The summed E-state index contributed by atoms with van der Waals surface area (Å²) >= 11 is 0. The molecule has 0 aromatic heterocycles. The minimum absolute atomic E-state index is 0.162. The van der Waals surface area contributed by atoms with Gasteiger partial charge in [-0.05, 0) is 160 Å². The second kappa shape index (κ2) is 30.2. The first-order valence-electron chi connectivity index (χ1n) is 29.8. The van der Waals surface area contributed by atoms with Crippen LogP contribution in [0.15, 0.2) is 91.2 Å². The molecule has 85 heavy (non-hydrogen) atoms. The second-order valence-electron chi connectivity index (χ2n) is 26.6. The highest BCUT2D eigenvalue weighted by Gasteiger charge is 2.53. The molecule has 2 heterocycles. The summed E-state index contributed by atoms with van der Waals surface area (Å²) in [6, 6.07) is 0. The zero-order valence-corrected chi connectivity index (χ0v) is 61.0. The molecule has 9 aliphatic carbocycles. The van der Waals surface area contributed by atoms with Gasteiger partial charge >= 0.3 is 11.9 Å². The van der Waals surface area contributed by atoms with Crippen LogP contribution in [-0.2, 0) is 42.9 Å². The Morgan fingerprint density at radius 3 is 1.12 bits per heavy atom. The fourth-order valence-electron chi connectivity index (χ4n) is 15.5. The number of hydrogen-bond donors (Lipinski definition) is 1. The van der Waals surface area contributed by atoms with Crippen LogP contribution in [0.3, 0.4) is 0 Å². The summed E-state index contributed by atoms with van der Waals surface area (Å²) in [6.45, 7) is 21.7. The summed E-state index contributed by atoms with van der Waals surface area (Å²) in [5.41, 5.74) is 15.1. The van der Waals surface area contributed by atoms with Crippen LogP contribution in [0.4, 0.5) is 0 Å². The lowest BCUT2D eigenvalue weighted by Gasteiger charge is -2.35. The second-order valence-corrected chi connectivity index (χ2v) is 57.2. The van der Waals surface area contributed by atoms with Crippen molar-refractivity contribution in [2.45, 2.75) is 178 Å². The lowest BCUT2D eigenvalue weighted by molar-refractivity contribution is -0.154. The van der Waals surface area contributed by atoms with Gasteiger partial charge in [0.25, 0.3) is 12.6 Å². The third-order valence-corrected chi connectivity index (χ3v) is 64.1. The smallest absolute Gasteiger partial charge is 0.337 e. The van der Waals surface area contributed by atoms with Gasteiger partial charge in [0.05, 0.1) is 18.8 Å². The summed E-state index contributed by atoms with van der Waals surface area (Å²) in [4.78, 5) is 60.3. The van der Waals surface area contributed by atoms with Crippen molar-refractivity contribution in [1.29, 1.82) is 0 Å². The standard InChI is InChI=1S/2C21H26O4.C15H20O2.B9.H11P9/c2*1-11-12(2)20(25-19(11)23)24-10-16-14-8-13-6-5-7-21(3,4)18(13)15(14)9-17(16)22;1-15(2)5-3-4-9-6-10-11(14(9)15)7-13(17)12(10)8-16;2*1-6-9(7(2)3)8(4)5/h2*10,14-15,20H,5-9H2,1-4H3;8,10-11,16H,3-7H2,1-2H3;;6H,1-5H2/b2*16-10+;12-8+;;/t14-,15-,20+;14-,15-,20-;;;/m00.../s1. The Hall–Kier alpha value is -0.276. The number of carbonyl (C=O) groups excluding carboxylic acids is 5. The van der Waals surface area contributed by atoms with Gasteiger partial charge in [-0.15, -0.1) is 44.6 Å². The molecule has 1 N–H and O–H groups in total. The van der Waals surface area contributed by atoms with E-state index < -0.39 is 25.4 Å². The predicted molar refractivity (Wildman–Crippen MR) is 383 cm³/mol. The summed E-state index contributed by atoms with van der Waals surface area (Å²) < 4.78 is 21.9.